The van der Waals surface area contributed by atoms with Gasteiger partial charge in [-0.25, -0.2) is 8.78 Å². The molecule has 4 saturated heterocycles. The van der Waals surface area contributed by atoms with E-state index >= 15 is 0 Å². The van der Waals surface area contributed by atoms with Gasteiger partial charge in [0.15, 0.2) is 0 Å². The molecule has 0 aliphatic carbocycles. The predicted octanol–water partition coefficient (Wildman–Crippen LogP) is 6.00. The van der Waals surface area contributed by atoms with Gasteiger partial charge >= 0.3 is 0 Å². The van der Waals surface area contributed by atoms with Crippen molar-refractivity contribution in [2.75, 3.05) is 115 Å². The number of nitrogens with one attached hydrogen (secondary N) is 2. The maximum absolute atomic E-state index is 14.5. The average Bonchev–Trinajstić information content (AvgIpc) is 1.70. The minimum atomic E-state index is -0.426. The fourth-order valence-electron chi connectivity index (χ4n) is 15.5. The summed E-state index contributed by atoms with van der Waals surface area (Å²) in [7, 11) is 3.57. The molecule has 2 unspecified atom stereocenters. The van der Waals surface area contributed by atoms with Crippen LogP contribution in [0.15, 0.2) is 70.3 Å². The second kappa shape index (κ2) is 28.4. The summed E-state index contributed by atoms with van der Waals surface area (Å²) < 4.78 is 30.8. The number of nitrogens with zero attached hydrogens (tertiary/aromatic N) is 10. The molecule has 0 radical (unpaired) electrons. The molecular weight excluding hydrogens is 1140 g/mol. The number of unbranched alkanes of at least 4 members (excludes halogenated alkanes) is 5. The first-order valence-corrected chi connectivity index (χ1v) is 33.4. The number of carbonyl (C=O) groups is 4. The fourth-order valence-corrected chi connectivity index (χ4v) is 15.5. The van der Waals surface area contributed by atoms with Crippen molar-refractivity contribution in [2.45, 2.75) is 167 Å². The van der Waals surface area contributed by atoms with Crippen molar-refractivity contribution in [2.24, 2.45) is 14.1 Å². The van der Waals surface area contributed by atoms with Gasteiger partial charge in [0.1, 0.15) is 11.6 Å². The molecule has 2 aromatic heterocycles. The first-order valence-electron chi connectivity index (χ1n) is 33.4. The van der Waals surface area contributed by atoms with E-state index in [1.165, 1.54) is 24.3 Å². The van der Waals surface area contributed by atoms with Crippen molar-refractivity contribution in [3.63, 3.8) is 0 Å². The maximum Gasteiger partial charge on any atom is 0.254 e. The quantitative estimate of drug-likeness (QED) is 0.0938. The van der Waals surface area contributed by atoms with Crippen molar-refractivity contribution >= 4 is 35.0 Å². The van der Waals surface area contributed by atoms with Crippen LogP contribution in [0.1, 0.15) is 140 Å². The summed E-state index contributed by atoms with van der Waals surface area (Å²) in [5, 5.41) is 7.30. The lowest BCUT2D eigenvalue weighted by atomic mass is 9.90. The Morgan fingerprint density at radius 1 is 0.500 bits per heavy atom. The third-order valence-electron chi connectivity index (χ3n) is 20.4. The molecule has 90 heavy (non-hydrogen) atoms. The molecule has 2 N–H and O–H groups in total. The molecule has 8 heterocycles. The zero-order valence-corrected chi connectivity index (χ0v) is 55.3. The Bertz CT molecular complexity index is 3130. The number of anilines is 2. The third-order valence-corrected chi connectivity index (χ3v) is 20.4. The minimum Gasteiger partial charge on any atom is -0.340 e. The summed E-state index contributed by atoms with van der Waals surface area (Å²) in [5.41, 5.74) is 4.98. The number of piperazine rings is 4. The van der Waals surface area contributed by atoms with Gasteiger partial charge in [-0.2, -0.15) is 0 Å². The number of halogens is 2. The van der Waals surface area contributed by atoms with Crippen LogP contribution in [0.2, 0.25) is 0 Å². The van der Waals surface area contributed by atoms with E-state index in [0.29, 0.717) is 76.1 Å². The van der Waals surface area contributed by atoms with E-state index in [9.17, 15) is 37.5 Å². The number of carbonyl (C=O) groups excluding carboxylic acids is 4. The number of hydrogen-bond acceptors (Lipinski definition) is 12. The molecule has 6 aliphatic heterocycles. The molecule has 6 atom stereocenters. The first kappa shape index (κ1) is 66.8. The molecule has 0 bridgehead atoms. The molecule has 6 aliphatic rings. The standard InChI is InChI=1S/C70H100F2N12O6/c1-47-37-81(43-63(87)83-45-69(5,6)65-59(83)33-53(67(89)75(65)9)31-51-19-23-55(71)24-20-51)57(35-73-47)41-77-27-29-79(39-49(77)3)61(85)17-15-13-11-12-14-16-18-62(86)80-30-28-78(50(4)40-80)42-58-36-74-48(2)38-82(58)44-64(88)84-46-70(7,8)66-60(84)34-54(68(90)76(66)10)32-52-21-25-56(72)26-22-52/h19-26,33-34,47-50,57-58,73-74H,11-18,27-32,35-46H2,1-10H3/t47-,48-,49?,50?,57-,58-/m1/s1. The van der Waals surface area contributed by atoms with Gasteiger partial charge < -0.3 is 39.4 Å². The Morgan fingerprint density at radius 2 is 0.867 bits per heavy atom. The van der Waals surface area contributed by atoms with Crippen molar-refractivity contribution in [1.82, 2.24) is 49.2 Å². The summed E-state index contributed by atoms with van der Waals surface area (Å²) >= 11 is 0. The fraction of sp³-hybridized carbons (Fsp3) is 0.629. The highest BCUT2D eigenvalue weighted by Crippen LogP contribution is 2.42. The highest BCUT2D eigenvalue weighted by molar-refractivity contribution is 5.98. The van der Waals surface area contributed by atoms with Crippen LogP contribution in [0.3, 0.4) is 0 Å². The van der Waals surface area contributed by atoms with Crippen molar-refractivity contribution in [1.29, 1.82) is 0 Å². The van der Waals surface area contributed by atoms with E-state index in [1.54, 1.807) is 47.5 Å². The number of aromatic nitrogens is 2. The summed E-state index contributed by atoms with van der Waals surface area (Å²) in [5.74, 6) is -0.210. The molecule has 0 spiro atoms. The normalized spacial score (nSPS) is 24.0. The number of rotatable bonds is 21. The number of amides is 4. The molecule has 4 amide bonds. The Hall–Kier alpha value is -6.16. The predicted molar refractivity (Wildman–Crippen MR) is 350 cm³/mol. The van der Waals surface area contributed by atoms with E-state index in [2.05, 4.69) is 85.6 Å². The van der Waals surface area contributed by atoms with Gasteiger partial charge in [-0.05, 0) is 88.1 Å². The van der Waals surface area contributed by atoms with Gasteiger partial charge in [0.25, 0.3) is 11.1 Å². The van der Waals surface area contributed by atoms with E-state index in [0.717, 1.165) is 125 Å². The van der Waals surface area contributed by atoms with E-state index in [4.69, 9.17) is 0 Å². The first-order chi connectivity index (χ1) is 42.8. The molecule has 10 rings (SSSR count). The lowest BCUT2D eigenvalue weighted by Gasteiger charge is -2.45. The van der Waals surface area contributed by atoms with Crippen LogP contribution in [0.4, 0.5) is 20.2 Å². The summed E-state index contributed by atoms with van der Waals surface area (Å²) in [6.07, 6.45) is 7.53. The van der Waals surface area contributed by atoms with Gasteiger partial charge in [0, 0.05) is 190 Å². The Balaban J connectivity index is 0.618. The summed E-state index contributed by atoms with van der Waals surface area (Å²) in [6.45, 7) is 27.3. The Kier molecular flexibility index (Phi) is 21.0. The molecular formula is C70H100F2N12O6. The molecule has 0 saturated carbocycles. The highest BCUT2D eigenvalue weighted by atomic mass is 19.1. The van der Waals surface area contributed by atoms with Crippen molar-refractivity contribution in [3.8, 4) is 0 Å². The number of fused-ring (bicyclic) bond motifs is 2. The largest absolute Gasteiger partial charge is 0.340 e. The zero-order valence-electron chi connectivity index (χ0n) is 55.3. The SMILES string of the molecule is CC1CN(C(=O)CCCCCCCCC(=O)N2CCN(C[C@H]3CN[C@H](C)CN3CC(=O)N3CC(C)(C)c4c3cc(Cc3ccc(F)cc3)c(=O)n4C)C(C)C2)CCN1C[C@H]1CN[C@H](C)CN1CC(=O)N1CC(C)(C)c2c1cc(Cc1ccc(F)cc1)c(=O)n2C. The van der Waals surface area contributed by atoms with Crippen LogP contribution in [0.25, 0.3) is 0 Å². The molecule has 490 valence electrons. The lowest BCUT2D eigenvalue weighted by Crippen LogP contribution is -2.63. The van der Waals surface area contributed by atoms with Crippen LogP contribution in [0, 0.1) is 11.6 Å². The van der Waals surface area contributed by atoms with Crippen LogP contribution in [0.5, 0.6) is 0 Å². The van der Waals surface area contributed by atoms with E-state index < -0.39 is 10.8 Å². The number of hydrogen-bond donors (Lipinski definition) is 2. The van der Waals surface area contributed by atoms with Gasteiger partial charge in [-0.3, -0.25) is 48.4 Å². The Morgan fingerprint density at radius 3 is 1.23 bits per heavy atom. The van der Waals surface area contributed by atoms with Crippen molar-refractivity contribution in [3.05, 3.63) is 127 Å². The maximum atomic E-state index is 14.5. The van der Waals surface area contributed by atoms with E-state index in [1.807, 2.05) is 31.7 Å². The third kappa shape index (κ3) is 15.3. The number of benzene rings is 2. The molecule has 4 aromatic rings. The van der Waals surface area contributed by atoms with Crippen LogP contribution >= 0.6 is 0 Å². The number of pyridine rings is 2. The molecule has 2 aromatic carbocycles. The summed E-state index contributed by atoms with van der Waals surface area (Å²) in [6, 6.07) is 17.2. The van der Waals surface area contributed by atoms with Crippen LogP contribution in [-0.4, -0.2) is 203 Å². The Labute approximate surface area is 531 Å². The zero-order chi connectivity index (χ0) is 64.3. The van der Waals surface area contributed by atoms with Gasteiger partial charge in [-0.15, -0.1) is 0 Å². The molecule has 18 nitrogen and oxygen atoms in total. The van der Waals surface area contributed by atoms with Crippen LogP contribution in [-0.2, 0) is 56.9 Å². The van der Waals surface area contributed by atoms with E-state index in [-0.39, 0.29) is 95.7 Å². The monoisotopic (exact) mass is 1240 g/mol. The average molecular weight is 1240 g/mol. The second-order valence-corrected chi connectivity index (χ2v) is 28.6. The van der Waals surface area contributed by atoms with Crippen molar-refractivity contribution < 1.29 is 28.0 Å². The van der Waals surface area contributed by atoms with Gasteiger partial charge in [-0.1, -0.05) is 77.6 Å². The topological polar surface area (TPSA) is 162 Å². The van der Waals surface area contributed by atoms with Crippen LogP contribution < -0.4 is 31.6 Å². The molecule has 4 fully saturated rings. The van der Waals surface area contributed by atoms with Gasteiger partial charge in [0.05, 0.1) is 35.9 Å². The minimum absolute atomic E-state index is 0.00764. The lowest BCUT2D eigenvalue weighted by molar-refractivity contribution is -0.135. The summed E-state index contributed by atoms with van der Waals surface area (Å²) in [4.78, 5) is 101. The molecule has 20 heteroatoms. The second-order valence-electron chi connectivity index (χ2n) is 28.6. The smallest absolute Gasteiger partial charge is 0.254 e. The van der Waals surface area contributed by atoms with Gasteiger partial charge in [0.2, 0.25) is 23.6 Å². The highest BCUT2D eigenvalue weighted by Gasteiger charge is 2.45.